The van der Waals surface area contributed by atoms with E-state index in [-0.39, 0.29) is 25.2 Å². The molecule has 0 spiro atoms. The van der Waals surface area contributed by atoms with Crippen LogP contribution in [0.2, 0.25) is 0 Å². The van der Waals surface area contributed by atoms with Gasteiger partial charge in [-0.25, -0.2) is 26.3 Å². The highest BCUT2D eigenvalue weighted by Crippen LogP contribution is 2.25. The van der Waals surface area contributed by atoms with Gasteiger partial charge in [-0.1, -0.05) is 0 Å². The first-order valence-electron chi connectivity index (χ1n) is 7.18. The van der Waals surface area contributed by atoms with Crippen LogP contribution in [0.1, 0.15) is 0 Å². The normalized spacial score (nSPS) is 18.3. The van der Waals surface area contributed by atoms with Gasteiger partial charge >= 0.3 is 6.18 Å². The van der Waals surface area contributed by atoms with Gasteiger partial charge in [0, 0.05) is 38.8 Å². The van der Waals surface area contributed by atoms with Gasteiger partial charge in [-0.05, 0) is 6.07 Å². The summed E-state index contributed by atoms with van der Waals surface area (Å²) in [7, 11) is -4.80. The molecule has 2 N–H and O–H groups in total. The van der Waals surface area contributed by atoms with Gasteiger partial charge in [0.2, 0.25) is 10.0 Å². The van der Waals surface area contributed by atoms with Gasteiger partial charge < -0.3 is 5.32 Å². The van der Waals surface area contributed by atoms with Crippen LogP contribution in [0.4, 0.5) is 26.3 Å². The van der Waals surface area contributed by atoms with Crippen molar-refractivity contribution >= 4 is 10.0 Å². The number of nitrogens with one attached hydrogen (secondary N) is 2. The van der Waals surface area contributed by atoms with E-state index in [1.165, 1.54) is 0 Å². The minimum atomic E-state index is -4.80. The molecule has 1 saturated heterocycles. The maximum Gasteiger partial charge on any atom is 0.405 e. The van der Waals surface area contributed by atoms with Crippen molar-refractivity contribution in [3.63, 3.8) is 0 Å². The SMILES string of the molecule is O=S(=O)(NCC(N1CCNCC1)C(F)(F)F)c1cc(F)c(F)cc1F. The predicted molar refractivity (Wildman–Crippen MR) is 75.8 cm³/mol. The molecule has 1 aromatic carbocycles. The number of rotatable bonds is 5. The van der Waals surface area contributed by atoms with Gasteiger partial charge in [0.25, 0.3) is 0 Å². The second-order valence-corrected chi connectivity index (χ2v) is 7.13. The lowest BCUT2D eigenvalue weighted by Crippen LogP contribution is -2.57. The fraction of sp³-hybridized carbons (Fsp3) is 0.538. The largest absolute Gasteiger partial charge is 0.405 e. The first-order valence-corrected chi connectivity index (χ1v) is 8.66. The molecule has 0 aromatic heterocycles. The molecule has 1 atom stereocenters. The molecule has 0 amide bonds. The maximum atomic E-state index is 13.6. The van der Waals surface area contributed by atoms with E-state index in [1.54, 1.807) is 4.72 Å². The number of nitrogens with zero attached hydrogens (tertiary/aromatic N) is 1. The van der Waals surface area contributed by atoms with Gasteiger partial charge in [-0.2, -0.15) is 13.2 Å². The van der Waals surface area contributed by atoms with Crippen molar-refractivity contribution in [2.75, 3.05) is 32.7 Å². The van der Waals surface area contributed by atoms with Crippen LogP contribution in [-0.4, -0.2) is 58.3 Å². The van der Waals surface area contributed by atoms with E-state index in [1.807, 2.05) is 0 Å². The van der Waals surface area contributed by atoms with Gasteiger partial charge in [-0.15, -0.1) is 0 Å². The van der Waals surface area contributed by atoms with Crippen molar-refractivity contribution < 1.29 is 34.8 Å². The third kappa shape index (κ3) is 4.84. The van der Waals surface area contributed by atoms with Crippen molar-refractivity contribution in [2.24, 2.45) is 0 Å². The number of halogens is 6. The van der Waals surface area contributed by atoms with E-state index >= 15 is 0 Å². The molecule has 12 heteroatoms. The molecule has 1 fully saturated rings. The monoisotopic (exact) mass is 391 g/mol. The Labute approximate surface area is 140 Å². The summed E-state index contributed by atoms with van der Waals surface area (Å²) in [6.07, 6.45) is -4.73. The molecule has 25 heavy (non-hydrogen) atoms. The molecule has 0 saturated carbocycles. The predicted octanol–water partition coefficient (Wildman–Crippen LogP) is 1.22. The number of benzene rings is 1. The molecule has 5 nitrogen and oxygen atoms in total. The number of piperazine rings is 1. The highest BCUT2D eigenvalue weighted by Gasteiger charge is 2.44. The van der Waals surface area contributed by atoms with Crippen LogP contribution < -0.4 is 10.0 Å². The molecule has 142 valence electrons. The van der Waals surface area contributed by atoms with Crippen molar-refractivity contribution in [2.45, 2.75) is 17.1 Å². The Morgan fingerprint density at radius 2 is 1.64 bits per heavy atom. The lowest BCUT2D eigenvalue weighted by Gasteiger charge is -2.35. The zero-order valence-electron chi connectivity index (χ0n) is 12.7. The Balaban J connectivity index is 2.20. The molecule has 1 unspecified atom stereocenters. The summed E-state index contributed by atoms with van der Waals surface area (Å²) in [6, 6.07) is -2.03. The topological polar surface area (TPSA) is 61.4 Å². The molecule has 2 rings (SSSR count). The molecule has 1 aromatic rings. The van der Waals surface area contributed by atoms with Crippen LogP contribution in [0.25, 0.3) is 0 Å². The van der Waals surface area contributed by atoms with Crippen LogP contribution in [0.15, 0.2) is 17.0 Å². The van der Waals surface area contributed by atoms with E-state index in [0.717, 1.165) is 4.90 Å². The molecule has 0 radical (unpaired) electrons. The minimum absolute atomic E-state index is 0.0153. The fourth-order valence-corrected chi connectivity index (χ4v) is 3.53. The van der Waals surface area contributed by atoms with Gasteiger partial charge in [-0.3, -0.25) is 4.90 Å². The van der Waals surface area contributed by atoms with E-state index in [2.05, 4.69) is 5.32 Å². The lowest BCUT2D eigenvalue weighted by molar-refractivity contribution is -0.182. The quantitative estimate of drug-likeness (QED) is 0.586. The maximum absolute atomic E-state index is 13.6. The second kappa shape index (κ2) is 7.48. The molecular formula is C13H15F6N3O2S. The van der Waals surface area contributed by atoms with Crippen LogP contribution >= 0.6 is 0 Å². The summed E-state index contributed by atoms with van der Waals surface area (Å²) in [4.78, 5) is -0.215. The Bertz CT molecular complexity index is 719. The van der Waals surface area contributed by atoms with E-state index in [0.29, 0.717) is 13.1 Å². The molecule has 0 aliphatic carbocycles. The summed E-state index contributed by atoms with van der Waals surface area (Å²) < 4.78 is 105. The number of hydrogen-bond donors (Lipinski definition) is 2. The zero-order valence-corrected chi connectivity index (χ0v) is 13.5. The van der Waals surface area contributed by atoms with Crippen LogP contribution in [0.3, 0.4) is 0 Å². The van der Waals surface area contributed by atoms with Crippen molar-refractivity contribution in [3.05, 3.63) is 29.6 Å². The van der Waals surface area contributed by atoms with Crippen LogP contribution in [-0.2, 0) is 10.0 Å². The minimum Gasteiger partial charge on any atom is -0.314 e. The van der Waals surface area contributed by atoms with E-state index in [9.17, 15) is 34.8 Å². The van der Waals surface area contributed by atoms with E-state index < -0.39 is 51.1 Å². The molecule has 1 aliphatic rings. The first kappa shape index (κ1) is 19.9. The van der Waals surface area contributed by atoms with Gasteiger partial charge in [0.15, 0.2) is 11.6 Å². The summed E-state index contributed by atoms with van der Waals surface area (Å²) in [5.74, 6) is -4.83. The van der Waals surface area contributed by atoms with Crippen molar-refractivity contribution in [1.29, 1.82) is 0 Å². The summed E-state index contributed by atoms with van der Waals surface area (Å²) in [6.45, 7) is -0.380. The number of sulfonamides is 1. The Hall–Kier alpha value is -1.37. The molecule has 1 heterocycles. The zero-order chi connectivity index (χ0) is 18.8. The smallest absolute Gasteiger partial charge is 0.314 e. The van der Waals surface area contributed by atoms with Crippen LogP contribution in [0.5, 0.6) is 0 Å². The third-order valence-corrected chi connectivity index (χ3v) is 5.14. The number of hydrogen-bond acceptors (Lipinski definition) is 4. The molecular weight excluding hydrogens is 376 g/mol. The standard InChI is InChI=1S/C13H15F6N3O2S/c14-8-5-10(16)11(6-9(8)15)25(23,24)21-7-12(13(17,18)19)22-3-1-20-2-4-22/h5-6,12,20-21H,1-4,7H2. The number of alkyl halides is 3. The van der Waals surface area contributed by atoms with Crippen molar-refractivity contribution in [1.82, 2.24) is 14.9 Å². The highest BCUT2D eigenvalue weighted by atomic mass is 32.2. The third-order valence-electron chi connectivity index (χ3n) is 3.70. The van der Waals surface area contributed by atoms with Crippen LogP contribution in [0, 0.1) is 17.5 Å². The Morgan fingerprint density at radius 3 is 2.20 bits per heavy atom. The fourth-order valence-electron chi connectivity index (χ4n) is 2.42. The molecule has 1 aliphatic heterocycles. The summed E-state index contributed by atoms with van der Waals surface area (Å²) in [5.41, 5.74) is 0. The van der Waals surface area contributed by atoms with E-state index in [4.69, 9.17) is 0 Å². The molecule has 0 bridgehead atoms. The second-order valence-electron chi connectivity index (χ2n) is 5.39. The average molecular weight is 391 g/mol. The Morgan fingerprint density at radius 1 is 1.08 bits per heavy atom. The van der Waals surface area contributed by atoms with Crippen molar-refractivity contribution in [3.8, 4) is 0 Å². The lowest BCUT2D eigenvalue weighted by atomic mass is 10.2. The summed E-state index contributed by atoms with van der Waals surface area (Å²) >= 11 is 0. The Kier molecular flexibility index (Phi) is 5.97. The first-order chi connectivity index (χ1) is 11.5. The highest BCUT2D eigenvalue weighted by molar-refractivity contribution is 7.89. The average Bonchev–Trinajstić information content (AvgIpc) is 2.50. The summed E-state index contributed by atoms with van der Waals surface area (Å²) in [5, 5.41) is 2.86. The van der Waals surface area contributed by atoms with Gasteiger partial charge in [0.1, 0.15) is 16.8 Å². The van der Waals surface area contributed by atoms with Gasteiger partial charge in [0.05, 0.1) is 0 Å².